The number of aromatic nitrogens is 5. The second-order valence-electron chi connectivity index (χ2n) is 14.2. The number of halogens is 1. The minimum absolute atomic E-state index is 0.471. The minimum atomic E-state index is 0.471. The summed E-state index contributed by atoms with van der Waals surface area (Å²) in [6.07, 6.45) is 6.90. The fourth-order valence-corrected chi connectivity index (χ4v) is 6.15. The molecule has 7 rings (SSSR count). The molecule has 0 saturated heterocycles. The Morgan fingerprint density at radius 2 is 1.25 bits per heavy atom. The molecule has 4 heterocycles. The zero-order valence-corrected chi connectivity index (χ0v) is 34.7. The van der Waals surface area contributed by atoms with Crippen LogP contribution in [0.15, 0.2) is 109 Å². The van der Waals surface area contributed by atoms with Gasteiger partial charge in [0.25, 0.3) is 0 Å². The van der Waals surface area contributed by atoms with Crippen molar-refractivity contribution in [1.29, 1.82) is 0 Å². The van der Waals surface area contributed by atoms with E-state index in [4.69, 9.17) is 25.8 Å². The molecule has 0 aliphatic heterocycles. The molecule has 10 heteroatoms. The Balaban J connectivity index is 0.000000159. The van der Waals surface area contributed by atoms with Gasteiger partial charge in [-0.3, -0.25) is 4.98 Å². The van der Waals surface area contributed by atoms with Gasteiger partial charge in [0.1, 0.15) is 46.7 Å². The molecule has 0 N–H and O–H groups in total. The van der Waals surface area contributed by atoms with Gasteiger partial charge >= 0.3 is 0 Å². The summed E-state index contributed by atoms with van der Waals surface area (Å²) in [5.41, 5.74) is 7.94. The van der Waals surface area contributed by atoms with Gasteiger partial charge in [-0.05, 0) is 109 Å². The van der Waals surface area contributed by atoms with E-state index in [0.717, 1.165) is 50.5 Å². The Morgan fingerprint density at radius 1 is 0.655 bits per heavy atom. The van der Waals surface area contributed by atoms with Crippen LogP contribution in [0.2, 0.25) is 5.02 Å². The second-order valence-corrected chi connectivity index (χ2v) is 15.6. The zero-order chi connectivity index (χ0) is 39.5. The third-order valence-electron chi connectivity index (χ3n) is 8.78. The van der Waals surface area contributed by atoms with Crippen LogP contribution < -0.4 is 14.2 Å². The van der Waals surface area contributed by atoms with Gasteiger partial charge in [-0.1, -0.05) is 83.5 Å². The van der Waals surface area contributed by atoms with E-state index >= 15 is 0 Å². The highest BCUT2D eigenvalue weighted by molar-refractivity contribution is 7.09. The molecule has 3 aromatic carbocycles. The number of nitrogens with zero attached hydrogens (tertiary/aromatic N) is 5. The normalized spacial score (nSPS) is 10.9. The molecule has 0 spiro atoms. The Bertz CT molecular complexity index is 2270. The summed E-state index contributed by atoms with van der Waals surface area (Å²) in [5.74, 6) is 5.57. The molecule has 0 bridgehead atoms. The molecular formula is C45H50ClN5O3S. The highest BCUT2D eigenvalue weighted by Crippen LogP contribution is 2.31. The van der Waals surface area contributed by atoms with Crippen LogP contribution in [0.5, 0.6) is 28.7 Å². The highest BCUT2D eigenvalue weighted by Gasteiger charge is 2.09. The van der Waals surface area contributed by atoms with Crippen molar-refractivity contribution in [2.24, 2.45) is 0 Å². The van der Waals surface area contributed by atoms with E-state index in [2.05, 4.69) is 99.7 Å². The predicted molar refractivity (Wildman–Crippen MR) is 225 cm³/mol. The average Bonchev–Trinajstić information content (AvgIpc) is 3.86. The Hall–Kier alpha value is -5.25. The molecule has 0 aliphatic rings. The standard InChI is InChI=1S/C16H17N3O.C16H19NO.C13H14ClNOS/c1-11(2)13-4-5-15(12(3)8-13)20-14-6-7-19-16(9-14)17-10-18-19;1-11(2)14-6-8-16(12(3)9-14)18-15-7-5-13(4)17-10-15;1-9(2)10-3-4-12(11(14)7-10)16-8-13-15-5-6-17-13/h4-11H,1-3H3;5-11H,1-4H3;3-7,9H,8H2,1-2H3. The summed E-state index contributed by atoms with van der Waals surface area (Å²) in [6, 6.07) is 26.2. The van der Waals surface area contributed by atoms with Gasteiger partial charge in [-0.25, -0.2) is 14.5 Å². The van der Waals surface area contributed by atoms with Crippen molar-refractivity contribution in [2.75, 3.05) is 0 Å². The maximum Gasteiger partial charge on any atom is 0.158 e. The van der Waals surface area contributed by atoms with Crippen molar-refractivity contribution in [3.63, 3.8) is 0 Å². The maximum atomic E-state index is 6.17. The number of rotatable bonds is 10. The van der Waals surface area contributed by atoms with E-state index in [1.165, 1.54) is 23.0 Å². The van der Waals surface area contributed by atoms with Crippen LogP contribution >= 0.6 is 22.9 Å². The maximum absolute atomic E-state index is 6.17. The van der Waals surface area contributed by atoms with Gasteiger partial charge in [0, 0.05) is 29.5 Å². The summed E-state index contributed by atoms with van der Waals surface area (Å²) in [4.78, 5) is 12.5. The number of benzene rings is 3. The van der Waals surface area contributed by atoms with Gasteiger partial charge < -0.3 is 14.2 Å². The Kier molecular flexibility index (Phi) is 14.4. The fourth-order valence-electron chi connectivity index (χ4n) is 5.38. The van der Waals surface area contributed by atoms with Crippen LogP contribution in [0.3, 0.4) is 0 Å². The first kappa shape index (κ1) is 40.9. The van der Waals surface area contributed by atoms with Gasteiger partial charge in [-0.15, -0.1) is 11.3 Å². The fraction of sp³-hybridized carbons (Fsp3) is 0.289. The van der Waals surface area contributed by atoms with Crippen molar-refractivity contribution < 1.29 is 14.2 Å². The van der Waals surface area contributed by atoms with Crippen molar-refractivity contribution in [1.82, 2.24) is 24.6 Å². The van der Waals surface area contributed by atoms with Crippen LogP contribution in [0.1, 0.15) is 97.8 Å². The number of hydrogen-bond donors (Lipinski definition) is 0. The Labute approximate surface area is 334 Å². The Morgan fingerprint density at radius 3 is 1.78 bits per heavy atom. The lowest BCUT2D eigenvalue weighted by Gasteiger charge is -2.12. The number of thiazole rings is 1. The van der Waals surface area contributed by atoms with Gasteiger partial charge in [0.2, 0.25) is 0 Å². The lowest BCUT2D eigenvalue weighted by Crippen LogP contribution is -1.96. The summed E-state index contributed by atoms with van der Waals surface area (Å²) in [6.45, 7) is 19.6. The molecule has 4 aromatic heterocycles. The molecule has 7 aromatic rings. The second kappa shape index (κ2) is 19.4. The third kappa shape index (κ3) is 11.9. The van der Waals surface area contributed by atoms with Crippen molar-refractivity contribution in [3.05, 3.63) is 153 Å². The van der Waals surface area contributed by atoms with Gasteiger partial charge in [-0.2, -0.15) is 5.10 Å². The molecule has 55 heavy (non-hydrogen) atoms. The minimum Gasteiger partial charge on any atom is -0.485 e. The third-order valence-corrected chi connectivity index (χ3v) is 9.83. The predicted octanol–water partition coefficient (Wildman–Crippen LogP) is 13.1. The van der Waals surface area contributed by atoms with Crippen molar-refractivity contribution in [2.45, 2.75) is 86.7 Å². The number of aryl methyl sites for hydroxylation is 3. The molecule has 0 aliphatic carbocycles. The number of hydrogen-bond acceptors (Lipinski definition) is 8. The quantitative estimate of drug-likeness (QED) is 0.137. The molecule has 0 atom stereocenters. The van der Waals surface area contributed by atoms with Crippen LogP contribution in [0, 0.1) is 20.8 Å². The molecule has 0 saturated carbocycles. The van der Waals surface area contributed by atoms with Crippen LogP contribution in [0.4, 0.5) is 0 Å². The zero-order valence-electron chi connectivity index (χ0n) is 33.1. The number of ether oxygens (including phenoxy) is 3. The summed E-state index contributed by atoms with van der Waals surface area (Å²) in [5, 5.41) is 7.61. The van der Waals surface area contributed by atoms with E-state index in [1.54, 1.807) is 28.2 Å². The number of fused-ring (bicyclic) bond motifs is 1. The first-order valence-electron chi connectivity index (χ1n) is 18.5. The summed E-state index contributed by atoms with van der Waals surface area (Å²) < 4.78 is 19.1. The van der Waals surface area contributed by atoms with Crippen LogP contribution in [-0.4, -0.2) is 24.6 Å². The molecular weight excluding hydrogens is 726 g/mol. The topological polar surface area (TPSA) is 83.7 Å². The summed E-state index contributed by atoms with van der Waals surface area (Å²) in [7, 11) is 0. The summed E-state index contributed by atoms with van der Waals surface area (Å²) >= 11 is 7.75. The van der Waals surface area contributed by atoms with E-state index < -0.39 is 0 Å². The molecule has 0 unspecified atom stereocenters. The SMILES string of the molecule is CC(C)c1ccc(OCc2nccs2)c(Cl)c1.Cc1cc(C(C)C)ccc1Oc1ccn2ncnc2c1.Cc1ccc(Oc2ccc(C(C)C)cc2C)cn1. The molecule has 0 amide bonds. The van der Waals surface area contributed by atoms with E-state index in [0.29, 0.717) is 35.1 Å². The van der Waals surface area contributed by atoms with Crippen LogP contribution in [-0.2, 0) is 6.61 Å². The smallest absolute Gasteiger partial charge is 0.158 e. The molecule has 0 fully saturated rings. The monoisotopic (exact) mass is 775 g/mol. The molecule has 286 valence electrons. The van der Waals surface area contributed by atoms with Gasteiger partial charge in [0.15, 0.2) is 5.65 Å². The van der Waals surface area contributed by atoms with Gasteiger partial charge in [0.05, 0.1) is 11.2 Å². The largest absolute Gasteiger partial charge is 0.485 e. The van der Waals surface area contributed by atoms with E-state index in [-0.39, 0.29) is 0 Å². The lowest BCUT2D eigenvalue weighted by atomic mass is 10.0. The van der Waals surface area contributed by atoms with Crippen molar-refractivity contribution >= 4 is 28.6 Å². The van der Waals surface area contributed by atoms with Crippen LogP contribution in [0.25, 0.3) is 5.65 Å². The molecule has 0 radical (unpaired) electrons. The average molecular weight is 776 g/mol. The molecule has 8 nitrogen and oxygen atoms in total. The van der Waals surface area contributed by atoms with E-state index in [9.17, 15) is 0 Å². The van der Waals surface area contributed by atoms with E-state index in [1.807, 2.05) is 73.1 Å². The first-order chi connectivity index (χ1) is 26.4. The first-order valence-corrected chi connectivity index (χ1v) is 19.7. The lowest BCUT2D eigenvalue weighted by molar-refractivity contribution is 0.305. The number of pyridine rings is 2. The highest BCUT2D eigenvalue weighted by atomic mass is 35.5. The van der Waals surface area contributed by atoms with Crippen molar-refractivity contribution in [3.8, 4) is 28.7 Å².